The summed E-state index contributed by atoms with van der Waals surface area (Å²) in [6, 6.07) is 22.0. The van der Waals surface area contributed by atoms with E-state index in [1.165, 1.54) is 42.5 Å². The van der Waals surface area contributed by atoms with E-state index in [4.69, 9.17) is 4.74 Å². The van der Waals surface area contributed by atoms with E-state index < -0.39 is 37.0 Å². The Labute approximate surface area is 375 Å². The Morgan fingerprint density at radius 2 is 1.77 bits per heavy atom. The van der Waals surface area contributed by atoms with Crippen molar-refractivity contribution in [1.29, 1.82) is 0 Å². The number of aromatic amines is 1. The number of rotatable bonds is 13. The highest BCUT2D eigenvalue weighted by Gasteiger charge is 2.49. The van der Waals surface area contributed by atoms with Gasteiger partial charge in [-0.05, 0) is 129 Å². The molecule has 2 aliphatic heterocycles. The van der Waals surface area contributed by atoms with Gasteiger partial charge in [0.1, 0.15) is 22.8 Å². The zero-order chi connectivity index (χ0) is 44.8. The molecule has 4 fully saturated rings. The fourth-order valence-corrected chi connectivity index (χ4v) is 11.8. The number of aliphatic hydroxyl groups is 1. The van der Waals surface area contributed by atoms with Crippen LogP contribution in [0.3, 0.4) is 0 Å². The molecule has 338 valence electrons. The maximum absolute atomic E-state index is 14.0. The largest absolute Gasteiger partial charge is 0.455 e. The van der Waals surface area contributed by atoms with Crippen LogP contribution in [0.2, 0.25) is 0 Å². The third-order valence-corrected chi connectivity index (χ3v) is 15.8. The molecule has 2 saturated carbocycles. The average Bonchev–Trinajstić information content (AvgIpc) is 3.95. The van der Waals surface area contributed by atoms with Crippen LogP contribution in [0.25, 0.3) is 11.0 Å². The maximum Gasteiger partial charge on any atom is 0.293 e. The second kappa shape index (κ2) is 17.5. The van der Waals surface area contributed by atoms with Crippen LogP contribution in [0.15, 0.2) is 90.1 Å². The number of fused-ring (bicyclic) bond motifs is 1. The van der Waals surface area contributed by atoms with Crippen molar-refractivity contribution < 1.29 is 28.0 Å². The van der Waals surface area contributed by atoms with Gasteiger partial charge in [0.15, 0.2) is 0 Å². The van der Waals surface area contributed by atoms with Gasteiger partial charge in [-0.2, -0.15) is 0 Å². The van der Waals surface area contributed by atoms with E-state index in [9.17, 15) is 28.4 Å². The summed E-state index contributed by atoms with van der Waals surface area (Å²) in [7, 11) is -4.56. The van der Waals surface area contributed by atoms with Crippen molar-refractivity contribution in [2.45, 2.75) is 107 Å². The molecule has 9 rings (SSSR count). The molecule has 14 nitrogen and oxygen atoms in total. The fraction of sp³-hybridized carbons (Fsp3) is 0.469. The number of nitrogens with zero attached hydrogens (tertiary/aromatic N) is 4. The molecule has 1 amide bonds. The van der Waals surface area contributed by atoms with Crippen LogP contribution >= 0.6 is 0 Å². The molecule has 4 aliphatic rings. The molecule has 64 heavy (non-hydrogen) atoms. The maximum atomic E-state index is 14.0. The van der Waals surface area contributed by atoms with E-state index in [0.717, 1.165) is 69.0 Å². The minimum Gasteiger partial charge on any atom is -0.455 e. The highest BCUT2D eigenvalue weighted by molar-refractivity contribution is 7.90. The molecule has 2 saturated heterocycles. The van der Waals surface area contributed by atoms with Crippen molar-refractivity contribution in [3.8, 4) is 11.5 Å². The summed E-state index contributed by atoms with van der Waals surface area (Å²) < 4.78 is 36.0. The predicted molar refractivity (Wildman–Crippen MR) is 248 cm³/mol. The smallest absolute Gasteiger partial charge is 0.293 e. The van der Waals surface area contributed by atoms with E-state index in [-0.39, 0.29) is 28.3 Å². The first kappa shape index (κ1) is 43.7. The quantitative estimate of drug-likeness (QED) is 0.0654. The highest BCUT2D eigenvalue weighted by Crippen LogP contribution is 2.49. The van der Waals surface area contributed by atoms with Crippen molar-refractivity contribution in [1.82, 2.24) is 19.6 Å². The molecule has 1 spiro atoms. The van der Waals surface area contributed by atoms with E-state index in [2.05, 4.69) is 67.9 Å². The van der Waals surface area contributed by atoms with Gasteiger partial charge in [-0.25, -0.2) is 18.1 Å². The van der Waals surface area contributed by atoms with Crippen LogP contribution in [-0.2, 0) is 10.0 Å². The Balaban J connectivity index is 0.895. The molecule has 2 atom stereocenters. The molecule has 0 radical (unpaired) electrons. The molecule has 2 aromatic heterocycles. The van der Waals surface area contributed by atoms with Crippen LogP contribution in [0.4, 0.5) is 17.1 Å². The van der Waals surface area contributed by atoms with Crippen molar-refractivity contribution in [3.05, 3.63) is 112 Å². The molecule has 2 aliphatic carbocycles. The number of carbonyl (C=O) groups is 1. The zero-order valence-corrected chi connectivity index (χ0v) is 37.7. The van der Waals surface area contributed by atoms with E-state index in [1.54, 1.807) is 30.6 Å². The number of nitro groups is 1. The Kier molecular flexibility index (Phi) is 11.9. The minimum atomic E-state index is -4.56. The fourth-order valence-electron chi connectivity index (χ4n) is 10.8. The number of likely N-dealkylation sites (tertiary alicyclic amines) is 1. The van der Waals surface area contributed by atoms with Crippen LogP contribution in [0.1, 0.15) is 112 Å². The van der Waals surface area contributed by atoms with Gasteiger partial charge in [-0.1, -0.05) is 44.5 Å². The first-order valence-electron chi connectivity index (χ1n) is 22.8. The number of H-pyrrole nitrogens is 1. The number of hydrogen-bond donors (Lipinski definition) is 4. The van der Waals surface area contributed by atoms with Crippen molar-refractivity contribution in [2.75, 3.05) is 42.9 Å². The molecule has 4 heterocycles. The summed E-state index contributed by atoms with van der Waals surface area (Å²) >= 11 is 0. The highest BCUT2D eigenvalue weighted by atomic mass is 32.2. The summed E-state index contributed by atoms with van der Waals surface area (Å²) in [6.45, 7) is 10.7. The summed E-state index contributed by atoms with van der Waals surface area (Å²) in [5.74, 6) is 0.866. The number of ether oxygens (including phenoxy) is 1. The van der Waals surface area contributed by atoms with Gasteiger partial charge in [0.05, 0.1) is 27.2 Å². The molecular weight excluding hydrogens is 831 g/mol. The van der Waals surface area contributed by atoms with Crippen molar-refractivity contribution in [2.24, 2.45) is 11.3 Å². The van der Waals surface area contributed by atoms with Gasteiger partial charge >= 0.3 is 0 Å². The third kappa shape index (κ3) is 9.07. The topological polar surface area (TPSA) is 183 Å². The summed E-state index contributed by atoms with van der Waals surface area (Å²) in [5.41, 5.74) is 3.83. The van der Waals surface area contributed by atoms with Crippen molar-refractivity contribution >= 4 is 44.0 Å². The van der Waals surface area contributed by atoms with Gasteiger partial charge in [0.25, 0.3) is 21.6 Å². The van der Waals surface area contributed by atoms with Gasteiger partial charge in [0.2, 0.25) is 0 Å². The molecule has 4 N–H and O–H groups in total. The Hall–Kier alpha value is -5.51. The van der Waals surface area contributed by atoms with Crippen LogP contribution < -0.4 is 19.7 Å². The monoisotopic (exact) mass is 889 g/mol. The lowest BCUT2D eigenvalue weighted by Gasteiger charge is -2.57. The number of piperidine rings is 1. The average molecular weight is 890 g/mol. The van der Waals surface area contributed by atoms with Crippen LogP contribution in [-0.4, -0.2) is 83.6 Å². The van der Waals surface area contributed by atoms with E-state index in [1.807, 2.05) is 19.1 Å². The van der Waals surface area contributed by atoms with E-state index >= 15 is 0 Å². The summed E-state index contributed by atoms with van der Waals surface area (Å²) in [4.78, 5) is 37.6. The number of sulfonamides is 1. The number of nitro benzene ring substituents is 1. The predicted octanol–water partition coefficient (Wildman–Crippen LogP) is 9.10. The van der Waals surface area contributed by atoms with Crippen LogP contribution in [0, 0.1) is 21.4 Å². The second-order valence-corrected chi connectivity index (χ2v) is 21.0. The first-order valence-corrected chi connectivity index (χ1v) is 24.3. The number of pyridine rings is 1. The molecule has 0 unspecified atom stereocenters. The van der Waals surface area contributed by atoms with Gasteiger partial charge in [-0.3, -0.25) is 19.8 Å². The Bertz CT molecular complexity index is 2640. The third-order valence-electron chi connectivity index (χ3n) is 14.5. The molecule has 0 bridgehead atoms. The standard InChI is InChI=1S/C49H59N7O7S/c1-32(2)38-7-4-5-8-39(38)40-9-6-10-43(40)55-30-49(31-55)20-23-54(24-21-49)35-11-13-41(45(26-35)63-36-25-34-17-22-50-46(34)52-29-36)47(57)53-64(61,62)37-12-14-42(44(27-37)56(59)60)51-28-33-15-18-48(3,58)19-16-33/h4-5,7-8,11-14,17,22,25-27,29,32-33,40,43,51,58H,6,9-10,15-16,18-21,23-24,28,30-31H2,1-3H3,(H,50,52)(H,53,57)/t33-,40-,43-,48-/m0/s1. The SMILES string of the molecule is CC(C)c1ccccc1[C@@H]1CCC[C@@H]1N1CC2(CCN(c3ccc(C(=O)NS(=O)(=O)c4ccc(NC[C@H]5CC[C@](C)(O)CC5)c([N+](=O)[O-])c4)c(Oc4cnc5[nH]ccc5c4)c3)CC2)C1. The molecule has 15 heteroatoms. The number of amides is 1. The van der Waals surface area contributed by atoms with E-state index in [0.29, 0.717) is 48.7 Å². The second-order valence-electron chi connectivity index (χ2n) is 19.3. The number of nitrogens with one attached hydrogen (secondary N) is 3. The lowest BCUT2D eigenvalue weighted by Crippen LogP contribution is -2.63. The van der Waals surface area contributed by atoms with Crippen molar-refractivity contribution in [3.63, 3.8) is 0 Å². The first-order chi connectivity index (χ1) is 30.7. The number of benzene rings is 3. The number of carbonyl (C=O) groups excluding carboxylic acids is 1. The lowest BCUT2D eigenvalue weighted by atomic mass is 9.70. The summed E-state index contributed by atoms with van der Waals surface area (Å²) in [5, 5.41) is 26.4. The normalized spacial score (nSPS) is 23.6. The van der Waals surface area contributed by atoms with Crippen LogP contribution in [0.5, 0.6) is 11.5 Å². The van der Waals surface area contributed by atoms with Gasteiger partial charge in [0, 0.05) is 68.2 Å². The zero-order valence-electron chi connectivity index (χ0n) is 36.9. The Morgan fingerprint density at radius 1 is 1.00 bits per heavy atom. The lowest BCUT2D eigenvalue weighted by molar-refractivity contribution is -0.384. The minimum absolute atomic E-state index is 0.0194. The summed E-state index contributed by atoms with van der Waals surface area (Å²) in [6.07, 6.45) is 12.0. The Morgan fingerprint density at radius 3 is 2.52 bits per heavy atom. The number of hydrogen-bond acceptors (Lipinski definition) is 11. The number of anilines is 2. The van der Waals surface area contributed by atoms with Gasteiger partial charge < -0.3 is 25.0 Å². The molecule has 5 aromatic rings. The number of aromatic nitrogens is 2. The molecular formula is C49H59N7O7S. The molecule has 3 aromatic carbocycles. The van der Waals surface area contributed by atoms with Gasteiger partial charge in [-0.15, -0.1) is 0 Å².